The molecule has 3 heteroatoms. The van der Waals surface area contributed by atoms with Gasteiger partial charge in [-0.1, -0.05) is 133 Å². The number of furan rings is 2. The third-order valence-electron chi connectivity index (χ3n) is 10.8. The molecule has 0 atom stereocenters. The second-order valence-corrected chi connectivity index (χ2v) is 14.0. The fourth-order valence-corrected chi connectivity index (χ4v) is 8.32. The summed E-state index contributed by atoms with van der Waals surface area (Å²) < 4.78 is 13.6. The molecule has 0 saturated carbocycles. The van der Waals surface area contributed by atoms with Crippen LogP contribution in [0.5, 0.6) is 0 Å². The maximum atomic E-state index is 6.96. The number of para-hydroxylation sites is 2. The number of anilines is 3. The van der Waals surface area contributed by atoms with Crippen molar-refractivity contribution in [1.29, 1.82) is 0 Å². The lowest BCUT2D eigenvalue weighted by molar-refractivity contribution is 0.636. The molecule has 2 aromatic heterocycles. The number of fused-ring (bicyclic) bond motifs is 9. The third-order valence-corrected chi connectivity index (χ3v) is 10.8. The molecule has 3 nitrogen and oxygen atoms in total. The molecule has 0 amide bonds. The molecule has 0 aliphatic rings. The summed E-state index contributed by atoms with van der Waals surface area (Å²) in [5.74, 6) is 0.887. The highest BCUT2D eigenvalue weighted by atomic mass is 16.3. The van der Waals surface area contributed by atoms with Crippen LogP contribution in [0.4, 0.5) is 17.1 Å². The van der Waals surface area contributed by atoms with E-state index in [9.17, 15) is 0 Å². The molecule has 2 heterocycles. The van der Waals surface area contributed by atoms with E-state index in [1.165, 1.54) is 10.8 Å². The fraction of sp³-hybridized carbons (Fsp3) is 0. The monoisotopic (exact) mass is 703 g/mol. The van der Waals surface area contributed by atoms with Crippen LogP contribution in [0.1, 0.15) is 0 Å². The molecule has 9 aromatic carbocycles. The van der Waals surface area contributed by atoms with E-state index in [-0.39, 0.29) is 0 Å². The van der Waals surface area contributed by atoms with E-state index in [0.717, 1.165) is 94.3 Å². The average Bonchev–Trinajstić information content (AvgIpc) is 3.84. The first kappa shape index (κ1) is 31.2. The quantitative estimate of drug-likeness (QED) is 0.162. The summed E-state index contributed by atoms with van der Waals surface area (Å²) in [6.45, 7) is 0. The van der Waals surface area contributed by atoms with Gasteiger partial charge in [-0.15, -0.1) is 0 Å². The zero-order chi connectivity index (χ0) is 36.3. The van der Waals surface area contributed by atoms with Crippen molar-refractivity contribution in [2.75, 3.05) is 4.90 Å². The predicted octanol–water partition coefficient (Wildman–Crippen LogP) is 15.1. The van der Waals surface area contributed by atoms with Crippen molar-refractivity contribution in [2.45, 2.75) is 0 Å². The normalized spacial score (nSPS) is 11.6. The van der Waals surface area contributed by atoms with Crippen molar-refractivity contribution in [2.24, 2.45) is 0 Å². The number of rotatable bonds is 6. The van der Waals surface area contributed by atoms with E-state index >= 15 is 0 Å². The van der Waals surface area contributed by atoms with E-state index in [0.29, 0.717) is 0 Å². The maximum Gasteiger partial charge on any atom is 0.143 e. The smallest absolute Gasteiger partial charge is 0.143 e. The van der Waals surface area contributed by atoms with Gasteiger partial charge in [-0.25, -0.2) is 0 Å². The summed E-state index contributed by atoms with van der Waals surface area (Å²) in [5, 5.41) is 7.96. The molecule has 0 unspecified atom stereocenters. The van der Waals surface area contributed by atoms with Gasteiger partial charge in [0.1, 0.15) is 22.5 Å². The van der Waals surface area contributed by atoms with Gasteiger partial charge in [-0.2, -0.15) is 0 Å². The Hall–Kier alpha value is -7.36. The second kappa shape index (κ2) is 12.6. The minimum Gasteiger partial charge on any atom is -0.456 e. The van der Waals surface area contributed by atoms with Crippen molar-refractivity contribution in [3.05, 3.63) is 200 Å². The molecule has 0 N–H and O–H groups in total. The highest BCUT2D eigenvalue weighted by molar-refractivity contribution is 6.29. The van der Waals surface area contributed by atoms with Gasteiger partial charge in [0.25, 0.3) is 0 Å². The van der Waals surface area contributed by atoms with Crippen LogP contribution in [0.25, 0.3) is 88.0 Å². The summed E-state index contributed by atoms with van der Waals surface area (Å²) in [7, 11) is 0. The molecule has 0 aliphatic heterocycles. The standard InChI is InChI=1S/C52H33NO2/c1-5-15-34(16-6-1)49-50-44-24-14-13-23-41(44)46-31-36(26-29-45(46)52(50)55-51(49)35-17-7-2-8-18-35)37-25-28-42-43-30-27-40(33-48(43)54-47(42)32-37)53(38-19-9-3-10-20-38)39-21-11-4-12-22-39/h1-33H. The van der Waals surface area contributed by atoms with E-state index < -0.39 is 0 Å². The van der Waals surface area contributed by atoms with Gasteiger partial charge in [0, 0.05) is 55.8 Å². The molecular formula is C52H33NO2. The zero-order valence-corrected chi connectivity index (χ0v) is 29.8. The van der Waals surface area contributed by atoms with Gasteiger partial charge in [0.2, 0.25) is 0 Å². The fourth-order valence-electron chi connectivity index (χ4n) is 8.32. The Labute approximate surface area is 317 Å². The van der Waals surface area contributed by atoms with Crippen LogP contribution in [0.2, 0.25) is 0 Å². The predicted molar refractivity (Wildman–Crippen MR) is 229 cm³/mol. The second-order valence-electron chi connectivity index (χ2n) is 14.0. The topological polar surface area (TPSA) is 29.5 Å². The minimum atomic E-state index is 0.856. The van der Waals surface area contributed by atoms with Crippen LogP contribution in [0.3, 0.4) is 0 Å². The Morgan fingerprint density at radius 2 is 0.836 bits per heavy atom. The Bertz CT molecular complexity index is 3140. The molecule has 55 heavy (non-hydrogen) atoms. The highest BCUT2D eigenvalue weighted by Gasteiger charge is 2.23. The largest absolute Gasteiger partial charge is 0.456 e. The lowest BCUT2D eigenvalue weighted by Crippen LogP contribution is -2.09. The van der Waals surface area contributed by atoms with E-state index in [1.54, 1.807) is 0 Å². The molecule has 11 rings (SSSR count). The Balaban J connectivity index is 1.06. The first-order valence-electron chi connectivity index (χ1n) is 18.7. The highest BCUT2D eigenvalue weighted by Crippen LogP contribution is 2.48. The van der Waals surface area contributed by atoms with Crippen LogP contribution < -0.4 is 4.90 Å². The first-order valence-corrected chi connectivity index (χ1v) is 18.7. The van der Waals surface area contributed by atoms with Crippen molar-refractivity contribution in [3.63, 3.8) is 0 Å². The average molecular weight is 704 g/mol. The van der Waals surface area contributed by atoms with Crippen molar-refractivity contribution < 1.29 is 8.83 Å². The molecule has 11 aromatic rings. The van der Waals surface area contributed by atoms with E-state index in [2.05, 4.69) is 187 Å². The summed E-state index contributed by atoms with van der Waals surface area (Å²) >= 11 is 0. The van der Waals surface area contributed by atoms with Crippen LogP contribution in [0, 0.1) is 0 Å². The van der Waals surface area contributed by atoms with Crippen LogP contribution in [0.15, 0.2) is 209 Å². The van der Waals surface area contributed by atoms with Gasteiger partial charge in [-0.05, 0) is 93.5 Å². The van der Waals surface area contributed by atoms with Crippen molar-refractivity contribution in [3.8, 4) is 33.6 Å². The molecule has 0 spiro atoms. The van der Waals surface area contributed by atoms with Crippen LogP contribution >= 0.6 is 0 Å². The number of benzene rings is 9. The molecular weight excluding hydrogens is 671 g/mol. The first-order chi connectivity index (χ1) is 27.3. The molecule has 0 radical (unpaired) electrons. The molecule has 0 fully saturated rings. The SMILES string of the molecule is c1ccc(-c2oc3c4ccc(-c5ccc6c(c5)oc5cc(N(c7ccccc7)c7ccccc7)ccc56)cc4c4ccccc4c3c2-c2ccccc2)cc1. The Kier molecular flexibility index (Phi) is 7.17. The maximum absolute atomic E-state index is 6.96. The Morgan fingerprint density at radius 3 is 1.51 bits per heavy atom. The number of hydrogen-bond acceptors (Lipinski definition) is 3. The number of nitrogens with zero attached hydrogens (tertiary/aromatic N) is 1. The molecule has 258 valence electrons. The Morgan fingerprint density at radius 1 is 0.309 bits per heavy atom. The zero-order valence-electron chi connectivity index (χ0n) is 29.8. The van der Waals surface area contributed by atoms with Crippen LogP contribution in [-0.4, -0.2) is 0 Å². The molecule has 0 aliphatic carbocycles. The molecule has 0 bridgehead atoms. The van der Waals surface area contributed by atoms with E-state index in [4.69, 9.17) is 8.83 Å². The third kappa shape index (κ3) is 5.13. The molecule has 0 saturated heterocycles. The van der Waals surface area contributed by atoms with Gasteiger partial charge in [-0.3, -0.25) is 0 Å². The van der Waals surface area contributed by atoms with Gasteiger partial charge in [0.15, 0.2) is 0 Å². The van der Waals surface area contributed by atoms with Crippen molar-refractivity contribution in [1.82, 2.24) is 0 Å². The minimum absolute atomic E-state index is 0.856. The number of hydrogen-bond donors (Lipinski definition) is 0. The van der Waals surface area contributed by atoms with Gasteiger partial charge >= 0.3 is 0 Å². The van der Waals surface area contributed by atoms with Crippen molar-refractivity contribution >= 4 is 71.5 Å². The van der Waals surface area contributed by atoms with Gasteiger partial charge in [0.05, 0.1) is 0 Å². The summed E-state index contributed by atoms with van der Waals surface area (Å²) in [5.41, 5.74) is 11.4. The van der Waals surface area contributed by atoms with Crippen LogP contribution in [-0.2, 0) is 0 Å². The lowest BCUT2D eigenvalue weighted by Gasteiger charge is -2.25. The summed E-state index contributed by atoms with van der Waals surface area (Å²) in [6.07, 6.45) is 0. The lowest BCUT2D eigenvalue weighted by atomic mass is 9.91. The van der Waals surface area contributed by atoms with Gasteiger partial charge < -0.3 is 13.7 Å². The summed E-state index contributed by atoms with van der Waals surface area (Å²) in [4.78, 5) is 2.26. The van der Waals surface area contributed by atoms with E-state index in [1.807, 2.05) is 18.2 Å². The summed E-state index contributed by atoms with van der Waals surface area (Å²) in [6, 6.07) is 70.5.